The molecule has 2 aromatic carbocycles. The van der Waals surface area contributed by atoms with Crippen LogP contribution in [0, 0.1) is 6.92 Å². The fourth-order valence-electron chi connectivity index (χ4n) is 2.57. The number of ether oxygens (including phenoxy) is 1. The molecule has 0 heterocycles. The highest BCUT2D eigenvalue weighted by Crippen LogP contribution is 2.25. The molecule has 0 fully saturated rings. The molecule has 0 N–H and O–H groups in total. The number of rotatable bonds is 6. The van der Waals surface area contributed by atoms with Gasteiger partial charge in [-0.05, 0) is 38.0 Å². The lowest BCUT2D eigenvalue weighted by atomic mass is 9.83. The summed E-state index contributed by atoms with van der Waals surface area (Å²) in [7, 11) is 1.83. The highest BCUT2D eigenvalue weighted by atomic mass is 16.5. The Morgan fingerprint density at radius 1 is 1.04 bits per heavy atom. The number of carbonyl (C=O) groups is 1. The van der Waals surface area contributed by atoms with Crippen LogP contribution in [0.1, 0.15) is 25.0 Å². The number of carbonyl (C=O) groups excluding carboxylic acids is 1. The van der Waals surface area contributed by atoms with E-state index >= 15 is 0 Å². The smallest absolute Gasteiger partial charge is 0.232 e. The van der Waals surface area contributed by atoms with Crippen LogP contribution in [0.2, 0.25) is 0 Å². The number of hydrogen-bond donors (Lipinski definition) is 0. The maximum atomic E-state index is 12.7. The minimum Gasteiger partial charge on any atom is -0.491 e. The van der Waals surface area contributed by atoms with Crippen LogP contribution in [0.25, 0.3) is 0 Å². The molecule has 0 saturated carbocycles. The Morgan fingerprint density at radius 2 is 1.65 bits per heavy atom. The summed E-state index contributed by atoms with van der Waals surface area (Å²) in [5, 5.41) is 0. The Morgan fingerprint density at radius 3 is 2.30 bits per heavy atom. The van der Waals surface area contributed by atoms with Crippen LogP contribution in [0.15, 0.2) is 54.6 Å². The van der Waals surface area contributed by atoms with Crippen LogP contribution >= 0.6 is 0 Å². The monoisotopic (exact) mass is 311 g/mol. The Hall–Kier alpha value is -2.29. The van der Waals surface area contributed by atoms with E-state index in [9.17, 15) is 4.79 Å². The fraction of sp³-hybridized carbons (Fsp3) is 0.350. The van der Waals surface area contributed by atoms with Crippen molar-refractivity contribution in [3.63, 3.8) is 0 Å². The van der Waals surface area contributed by atoms with E-state index in [4.69, 9.17) is 4.74 Å². The standard InChI is InChI=1S/C20H25NO2/c1-16-10-8-9-13-18(16)23-15-14-21(4)19(22)20(2,3)17-11-6-5-7-12-17/h5-13H,14-15H2,1-4H3. The van der Waals surface area contributed by atoms with E-state index in [2.05, 4.69) is 0 Å². The van der Waals surface area contributed by atoms with E-state index < -0.39 is 5.41 Å². The van der Waals surface area contributed by atoms with Crippen molar-refractivity contribution < 1.29 is 9.53 Å². The normalized spacial score (nSPS) is 11.1. The van der Waals surface area contributed by atoms with Crippen LogP contribution in [0.3, 0.4) is 0 Å². The van der Waals surface area contributed by atoms with Gasteiger partial charge in [-0.2, -0.15) is 0 Å². The largest absolute Gasteiger partial charge is 0.491 e. The molecule has 23 heavy (non-hydrogen) atoms. The lowest BCUT2D eigenvalue weighted by Gasteiger charge is -2.30. The van der Waals surface area contributed by atoms with Crippen LogP contribution in [0.4, 0.5) is 0 Å². The van der Waals surface area contributed by atoms with Crippen LogP contribution in [-0.4, -0.2) is 31.0 Å². The topological polar surface area (TPSA) is 29.5 Å². The van der Waals surface area contributed by atoms with Gasteiger partial charge in [-0.15, -0.1) is 0 Å². The Labute approximate surface area is 138 Å². The van der Waals surface area contributed by atoms with Gasteiger partial charge >= 0.3 is 0 Å². The molecule has 0 saturated heterocycles. The van der Waals surface area contributed by atoms with Gasteiger partial charge in [0.15, 0.2) is 0 Å². The van der Waals surface area contributed by atoms with Crippen molar-refractivity contribution in [2.45, 2.75) is 26.2 Å². The zero-order valence-corrected chi connectivity index (χ0v) is 14.4. The quantitative estimate of drug-likeness (QED) is 0.812. The molecule has 0 aliphatic carbocycles. The third kappa shape index (κ3) is 4.13. The van der Waals surface area contributed by atoms with Gasteiger partial charge in [0.05, 0.1) is 12.0 Å². The van der Waals surface area contributed by atoms with Crippen molar-refractivity contribution in [2.24, 2.45) is 0 Å². The molecule has 122 valence electrons. The molecule has 1 amide bonds. The van der Waals surface area contributed by atoms with Crippen LogP contribution in [-0.2, 0) is 10.2 Å². The summed E-state index contributed by atoms with van der Waals surface area (Å²) in [6.45, 7) is 6.98. The molecule has 2 rings (SSSR count). The minimum absolute atomic E-state index is 0.0945. The van der Waals surface area contributed by atoms with Gasteiger partial charge < -0.3 is 9.64 Å². The summed E-state index contributed by atoms with van der Waals surface area (Å²) < 4.78 is 5.78. The molecule has 2 aromatic rings. The second-order valence-electron chi connectivity index (χ2n) is 6.33. The number of amides is 1. The van der Waals surface area contributed by atoms with Crippen molar-refractivity contribution in [3.05, 3.63) is 65.7 Å². The molecule has 0 bridgehead atoms. The van der Waals surface area contributed by atoms with Gasteiger partial charge in [0.2, 0.25) is 5.91 Å². The van der Waals surface area contributed by atoms with Gasteiger partial charge in [-0.25, -0.2) is 0 Å². The average molecular weight is 311 g/mol. The molecule has 0 aromatic heterocycles. The van der Waals surface area contributed by atoms with Crippen molar-refractivity contribution in [1.82, 2.24) is 4.90 Å². The summed E-state index contributed by atoms with van der Waals surface area (Å²) in [5.41, 5.74) is 1.58. The third-order valence-electron chi connectivity index (χ3n) is 4.15. The predicted molar refractivity (Wildman–Crippen MR) is 93.8 cm³/mol. The van der Waals surface area contributed by atoms with Crippen molar-refractivity contribution in [1.29, 1.82) is 0 Å². The fourth-order valence-corrected chi connectivity index (χ4v) is 2.57. The molecular weight excluding hydrogens is 286 g/mol. The first-order valence-corrected chi connectivity index (χ1v) is 7.92. The summed E-state index contributed by atoms with van der Waals surface area (Å²) in [4.78, 5) is 14.5. The van der Waals surface area contributed by atoms with E-state index in [1.165, 1.54) is 0 Å². The predicted octanol–water partition coefficient (Wildman–Crippen LogP) is 3.81. The lowest BCUT2D eigenvalue weighted by molar-refractivity contribution is -0.135. The SMILES string of the molecule is Cc1ccccc1OCCN(C)C(=O)C(C)(C)c1ccccc1. The maximum absolute atomic E-state index is 12.7. The maximum Gasteiger partial charge on any atom is 0.232 e. The van der Waals surface area contributed by atoms with Gasteiger partial charge in [-0.3, -0.25) is 4.79 Å². The summed E-state index contributed by atoms with van der Waals surface area (Å²) in [6, 6.07) is 17.8. The lowest BCUT2D eigenvalue weighted by Crippen LogP contribution is -2.42. The summed E-state index contributed by atoms with van der Waals surface area (Å²) in [5.74, 6) is 0.966. The zero-order valence-electron chi connectivity index (χ0n) is 14.4. The van der Waals surface area contributed by atoms with E-state index in [0.717, 1.165) is 16.9 Å². The summed E-state index contributed by atoms with van der Waals surface area (Å²) in [6.07, 6.45) is 0. The molecule has 0 radical (unpaired) electrons. The minimum atomic E-state index is -0.543. The summed E-state index contributed by atoms with van der Waals surface area (Å²) >= 11 is 0. The first kappa shape index (κ1) is 17.1. The van der Waals surface area contributed by atoms with Gasteiger partial charge in [0.1, 0.15) is 12.4 Å². The number of hydrogen-bond acceptors (Lipinski definition) is 2. The van der Waals surface area contributed by atoms with Gasteiger partial charge in [0.25, 0.3) is 0 Å². The second-order valence-corrected chi connectivity index (χ2v) is 6.33. The van der Waals surface area contributed by atoms with Crippen LogP contribution in [0.5, 0.6) is 5.75 Å². The number of benzene rings is 2. The highest BCUT2D eigenvalue weighted by Gasteiger charge is 2.32. The molecule has 0 unspecified atom stereocenters. The first-order valence-electron chi connectivity index (χ1n) is 7.92. The second kappa shape index (κ2) is 7.32. The molecule has 0 spiro atoms. The number of likely N-dealkylation sites (N-methyl/N-ethyl adjacent to an activating group) is 1. The highest BCUT2D eigenvalue weighted by molar-refractivity contribution is 5.87. The first-order chi connectivity index (χ1) is 10.9. The average Bonchev–Trinajstić information content (AvgIpc) is 2.56. The van der Waals surface area contributed by atoms with Gasteiger partial charge in [0, 0.05) is 7.05 Å². The Balaban J connectivity index is 1.94. The molecule has 0 atom stereocenters. The van der Waals surface area contributed by atoms with E-state index in [1.807, 2.05) is 82.4 Å². The van der Waals surface area contributed by atoms with Gasteiger partial charge in [-0.1, -0.05) is 48.5 Å². The Bertz CT molecular complexity index is 650. The third-order valence-corrected chi connectivity index (χ3v) is 4.15. The van der Waals surface area contributed by atoms with Crippen molar-refractivity contribution in [3.8, 4) is 5.75 Å². The molecule has 0 aliphatic heterocycles. The van der Waals surface area contributed by atoms with Crippen molar-refractivity contribution in [2.75, 3.05) is 20.2 Å². The van der Waals surface area contributed by atoms with E-state index in [0.29, 0.717) is 13.2 Å². The van der Waals surface area contributed by atoms with Crippen molar-refractivity contribution >= 4 is 5.91 Å². The molecule has 3 heteroatoms. The zero-order chi connectivity index (χ0) is 16.9. The molecule has 3 nitrogen and oxygen atoms in total. The molecular formula is C20H25NO2. The van der Waals surface area contributed by atoms with E-state index in [1.54, 1.807) is 4.90 Å². The Kier molecular flexibility index (Phi) is 5.43. The number of nitrogens with zero attached hydrogens (tertiary/aromatic N) is 1. The van der Waals surface area contributed by atoms with Crippen LogP contribution < -0.4 is 4.74 Å². The number of para-hydroxylation sites is 1. The molecule has 0 aliphatic rings. The number of aryl methyl sites for hydroxylation is 1. The van der Waals surface area contributed by atoms with E-state index in [-0.39, 0.29) is 5.91 Å².